The summed E-state index contributed by atoms with van der Waals surface area (Å²) in [5.74, 6) is -8.66. The van der Waals surface area contributed by atoms with Gasteiger partial charge in [-0.3, -0.25) is 4.79 Å². The molecule has 4 N–H and O–H groups in total. The van der Waals surface area contributed by atoms with E-state index in [0.717, 1.165) is 7.11 Å². The molecule has 0 saturated carbocycles. The van der Waals surface area contributed by atoms with Crippen LogP contribution in [0.25, 0.3) is 0 Å². The first-order chi connectivity index (χ1) is 20.8. The largest absolute Gasteiger partial charge is 0.573 e. The number of hydrogen-bond donors (Lipinski definition) is 2. The Morgan fingerprint density at radius 1 is 0.630 bits per heavy atom. The Hall–Kier alpha value is -5.81. The van der Waals surface area contributed by atoms with Gasteiger partial charge in [0.25, 0.3) is 5.91 Å². The lowest BCUT2D eigenvalue weighted by Gasteiger charge is -2.15. The summed E-state index contributed by atoms with van der Waals surface area (Å²) in [7, 11) is 0.794. The first-order valence-electron chi connectivity index (χ1n) is 10.7. The zero-order valence-electron chi connectivity index (χ0n) is 21.7. The predicted octanol–water partition coefficient (Wildman–Crippen LogP) is 4.91. The van der Waals surface area contributed by atoms with E-state index in [0.29, 0.717) is 6.07 Å². The van der Waals surface area contributed by atoms with E-state index in [1.165, 1.54) is 12.1 Å². The monoisotopic (exact) mass is 685 g/mol. The number of alkyl halides is 12. The lowest BCUT2D eigenvalue weighted by atomic mass is 10.1. The highest BCUT2D eigenvalue weighted by molar-refractivity contribution is 6.04. The zero-order chi connectivity index (χ0) is 35.8. The molecule has 2 aromatic carbocycles. The fourth-order valence-corrected chi connectivity index (χ4v) is 2.75. The zero-order valence-corrected chi connectivity index (χ0v) is 21.7. The van der Waals surface area contributed by atoms with Crippen molar-refractivity contribution >= 4 is 17.8 Å². The molecule has 0 unspecified atom stereocenters. The molecule has 0 bridgehead atoms. The normalized spacial score (nSPS) is 11.5. The molecular formula is C22H11F12N5O7. The van der Waals surface area contributed by atoms with Gasteiger partial charge in [0.05, 0.1) is 23.8 Å². The number of amides is 1. The number of carbonyl (C=O) groups excluding carboxylic acids is 2. The molecule has 0 aliphatic rings. The molecule has 2 rings (SSSR count). The highest BCUT2D eigenvalue weighted by Gasteiger charge is 2.38. The van der Waals surface area contributed by atoms with E-state index in [-0.39, 0.29) is 18.2 Å². The third kappa shape index (κ3) is 12.8. The number of nitrogens with zero attached hydrogens (tertiary/aromatic N) is 3. The number of hydrogen-bond acceptors (Lipinski definition) is 9. The van der Waals surface area contributed by atoms with Gasteiger partial charge in [0.1, 0.15) is 40.7 Å². The van der Waals surface area contributed by atoms with Crippen LogP contribution in [0, 0.1) is 22.7 Å². The predicted molar refractivity (Wildman–Crippen MR) is 121 cm³/mol. The molecule has 0 spiro atoms. The Morgan fingerprint density at radius 3 is 1.26 bits per heavy atom. The Morgan fingerprint density at radius 2 is 0.957 bits per heavy atom. The maximum absolute atomic E-state index is 12.3. The van der Waals surface area contributed by atoms with E-state index in [4.69, 9.17) is 22.0 Å². The summed E-state index contributed by atoms with van der Waals surface area (Å²) in [5, 5.41) is 17.4. The van der Waals surface area contributed by atoms with E-state index >= 15 is 0 Å². The Kier molecular flexibility index (Phi) is 11.9. The van der Waals surface area contributed by atoms with Crippen molar-refractivity contribution in [3.8, 4) is 35.1 Å². The minimum atomic E-state index is -5.30. The summed E-state index contributed by atoms with van der Waals surface area (Å²) in [6.07, 6.45) is -21.0. The average Bonchev–Trinajstić information content (AvgIpc) is 2.86. The fourth-order valence-electron chi connectivity index (χ4n) is 2.75. The number of carbonyl (C=O) groups is 2. The highest BCUT2D eigenvalue weighted by atomic mass is 19.4. The molecule has 0 aliphatic carbocycles. The first-order valence-corrected chi connectivity index (χ1v) is 10.7. The quantitative estimate of drug-likeness (QED) is 0.182. The lowest BCUT2D eigenvalue weighted by Crippen LogP contribution is -2.25. The average molecular weight is 685 g/mol. The highest BCUT2D eigenvalue weighted by Crippen LogP contribution is 2.36. The molecule has 46 heavy (non-hydrogen) atoms. The maximum Gasteiger partial charge on any atom is 0.573 e. The smallest absolute Gasteiger partial charge is 0.465 e. The van der Waals surface area contributed by atoms with Crippen LogP contribution in [0.5, 0.6) is 23.0 Å². The number of rotatable bonds is 6. The summed E-state index contributed by atoms with van der Waals surface area (Å²) in [6.45, 7) is 0. The second kappa shape index (κ2) is 14.3. The van der Waals surface area contributed by atoms with Gasteiger partial charge in [0.2, 0.25) is 0 Å². The molecule has 0 fully saturated rings. The van der Waals surface area contributed by atoms with Crippen molar-refractivity contribution < 1.29 is 86.0 Å². The van der Waals surface area contributed by atoms with E-state index < -0.39 is 88.5 Å². The summed E-state index contributed by atoms with van der Waals surface area (Å²) in [6, 6.07) is 3.41. The molecule has 1 amide bonds. The van der Waals surface area contributed by atoms with Crippen LogP contribution in [0.15, 0.2) is 29.3 Å². The van der Waals surface area contributed by atoms with Crippen molar-refractivity contribution in [3.63, 3.8) is 0 Å². The van der Waals surface area contributed by atoms with Gasteiger partial charge in [-0.2, -0.15) is 15.5 Å². The van der Waals surface area contributed by atoms with Crippen molar-refractivity contribution in [2.24, 2.45) is 16.5 Å². The topological polar surface area (TPSA) is 192 Å². The van der Waals surface area contributed by atoms with E-state index in [9.17, 15) is 62.3 Å². The molecule has 0 saturated heterocycles. The van der Waals surface area contributed by atoms with Gasteiger partial charge >= 0.3 is 31.4 Å². The molecule has 24 heteroatoms. The second-order valence-corrected chi connectivity index (χ2v) is 7.44. The minimum absolute atomic E-state index is 0.210. The van der Waals surface area contributed by atoms with Crippen molar-refractivity contribution in [2.45, 2.75) is 25.4 Å². The van der Waals surface area contributed by atoms with Crippen LogP contribution in [0.2, 0.25) is 0 Å². The van der Waals surface area contributed by atoms with Crippen LogP contribution in [0.4, 0.5) is 52.7 Å². The van der Waals surface area contributed by atoms with E-state index in [2.05, 4.69) is 28.7 Å². The van der Waals surface area contributed by atoms with Gasteiger partial charge in [-0.25, -0.2) is 4.79 Å². The number of halogens is 12. The van der Waals surface area contributed by atoms with Crippen molar-refractivity contribution in [2.75, 3.05) is 7.11 Å². The molecule has 0 heterocycles. The van der Waals surface area contributed by atoms with Crippen LogP contribution in [0.3, 0.4) is 0 Å². The van der Waals surface area contributed by atoms with Gasteiger partial charge in [-0.1, -0.05) is 0 Å². The number of ether oxygens (including phenoxy) is 5. The lowest BCUT2D eigenvalue weighted by molar-refractivity contribution is -0.277. The third-order valence-corrected chi connectivity index (χ3v) is 4.17. The minimum Gasteiger partial charge on any atom is -0.465 e. The van der Waals surface area contributed by atoms with E-state index in [1.54, 1.807) is 0 Å². The van der Waals surface area contributed by atoms with Gasteiger partial charge in [0, 0.05) is 18.2 Å². The molecule has 0 radical (unpaired) electrons. The second-order valence-electron chi connectivity index (χ2n) is 7.44. The molecule has 250 valence electrons. The Labute approximate surface area is 245 Å². The van der Waals surface area contributed by atoms with Crippen LogP contribution in [-0.4, -0.2) is 50.4 Å². The van der Waals surface area contributed by atoms with Crippen LogP contribution < -0.4 is 30.4 Å². The van der Waals surface area contributed by atoms with Crippen molar-refractivity contribution in [1.29, 1.82) is 10.5 Å². The van der Waals surface area contributed by atoms with E-state index in [1.807, 2.05) is 0 Å². The molecular weight excluding hydrogens is 674 g/mol. The molecule has 12 nitrogen and oxygen atoms in total. The van der Waals surface area contributed by atoms with Crippen LogP contribution >= 0.6 is 0 Å². The number of nitrogens with two attached hydrogens (primary N) is 2. The Balaban J connectivity index is 0.000000462. The first kappa shape index (κ1) is 38.2. The number of guanidine groups is 1. The third-order valence-electron chi connectivity index (χ3n) is 4.17. The molecule has 0 aromatic heterocycles. The summed E-state index contributed by atoms with van der Waals surface area (Å²) in [5.41, 5.74) is 5.80. The number of aliphatic imine (C=N–C) groups is 1. The Bertz CT molecular complexity index is 1570. The van der Waals surface area contributed by atoms with Crippen LogP contribution in [0.1, 0.15) is 31.8 Å². The van der Waals surface area contributed by atoms with Crippen LogP contribution in [-0.2, 0) is 4.74 Å². The van der Waals surface area contributed by atoms with Gasteiger partial charge < -0.3 is 35.2 Å². The number of benzene rings is 2. The van der Waals surface area contributed by atoms with Crippen molar-refractivity contribution in [3.05, 3.63) is 46.5 Å². The summed E-state index contributed by atoms with van der Waals surface area (Å²) < 4.78 is 165. The summed E-state index contributed by atoms with van der Waals surface area (Å²) >= 11 is 0. The summed E-state index contributed by atoms with van der Waals surface area (Å²) in [4.78, 5) is 25.9. The maximum atomic E-state index is 12.3. The van der Waals surface area contributed by atoms with Crippen molar-refractivity contribution in [1.82, 2.24) is 0 Å². The number of methoxy groups -OCH3 is 1. The molecule has 0 aliphatic heterocycles. The SMILES string of the molecule is COC(=O)c1cc(OC(F)(F)F)c(C#N)cc1OC(F)(F)F.N#Cc1cc(OC(F)(F)F)c(C(=O)N=C(N)N)cc1OC(F)(F)F. The van der Waals surface area contributed by atoms with Gasteiger partial charge in [-0.05, 0) is 6.07 Å². The molecule has 2 aromatic rings. The van der Waals surface area contributed by atoms with Gasteiger partial charge in [0.15, 0.2) is 5.96 Å². The fraction of sp³-hybridized carbons (Fsp3) is 0.227. The number of nitriles is 2. The molecule has 0 atom stereocenters. The van der Waals surface area contributed by atoms with Gasteiger partial charge in [-0.15, -0.1) is 52.7 Å². The number of esters is 1. The standard InChI is InChI=1S/C11H6F6N4O3.C11H5F6NO4/c12-10(13,14)23-6-2-5(8(22)21-9(19)20)7(1-4(6)3-18)24-11(15,16)17;1-20-9(19)6-3-7(21-10(12,13)14)5(4-18)2-8(6)22-11(15,16)17/h1-2H,(H4,19,20,21,22);2-3H,1H3.